The van der Waals surface area contributed by atoms with E-state index >= 15 is 0 Å². The van der Waals surface area contributed by atoms with Crippen molar-refractivity contribution in [2.75, 3.05) is 11.9 Å². The van der Waals surface area contributed by atoms with Crippen LogP contribution in [0.15, 0.2) is 66.7 Å². The molecule has 3 heterocycles. The van der Waals surface area contributed by atoms with Crippen LogP contribution in [0.2, 0.25) is 0 Å². The SMILES string of the molecule is O=C(Nc1nc2ccccc2[nH]1)c1ccc2c(C3CCCCC3)c3n(c2c1)CCOc1ccccc1-3. The fourth-order valence-electron chi connectivity index (χ4n) is 6.07. The van der Waals surface area contributed by atoms with Gasteiger partial charge in [0, 0.05) is 22.0 Å². The summed E-state index contributed by atoms with van der Waals surface area (Å²) in [7, 11) is 0. The predicted molar refractivity (Wildman–Crippen MR) is 143 cm³/mol. The number of H-pyrrole nitrogens is 1. The summed E-state index contributed by atoms with van der Waals surface area (Å²) in [6.07, 6.45) is 6.28. The fraction of sp³-hybridized carbons (Fsp3) is 0.267. The van der Waals surface area contributed by atoms with Gasteiger partial charge in [-0.2, -0.15) is 0 Å². The lowest BCUT2D eigenvalue weighted by molar-refractivity contribution is 0.102. The van der Waals surface area contributed by atoms with E-state index in [1.165, 1.54) is 48.7 Å². The number of nitrogens with zero attached hydrogens (tertiary/aromatic N) is 2. The molecular weight excluding hydrogens is 448 g/mol. The molecule has 6 heteroatoms. The van der Waals surface area contributed by atoms with Crippen molar-refractivity contribution in [2.24, 2.45) is 0 Å². The van der Waals surface area contributed by atoms with Crippen molar-refractivity contribution in [2.45, 2.75) is 44.6 Å². The van der Waals surface area contributed by atoms with E-state index in [1.54, 1.807) is 0 Å². The van der Waals surface area contributed by atoms with Crippen LogP contribution in [0.4, 0.5) is 5.95 Å². The molecule has 2 aliphatic rings. The number of hydrogen-bond acceptors (Lipinski definition) is 3. The summed E-state index contributed by atoms with van der Waals surface area (Å²) in [6.45, 7) is 1.36. The summed E-state index contributed by atoms with van der Waals surface area (Å²) < 4.78 is 8.53. The number of nitrogens with one attached hydrogen (secondary N) is 2. The third-order valence-electron chi connectivity index (χ3n) is 7.72. The van der Waals surface area contributed by atoms with Gasteiger partial charge < -0.3 is 14.3 Å². The second kappa shape index (κ2) is 8.55. The standard InChI is InChI=1S/C30H28N4O2/c35-29(33-30-31-23-11-5-6-12-24(23)32-30)20-14-15-21-25(18-20)34-16-17-36-26-13-7-4-10-22(26)28(34)27(21)19-8-2-1-3-9-19/h4-7,10-15,18-19H,1-3,8-9,16-17H2,(H2,31,32,33,35). The van der Waals surface area contributed by atoms with Crippen LogP contribution < -0.4 is 10.1 Å². The first-order valence-corrected chi connectivity index (χ1v) is 12.9. The van der Waals surface area contributed by atoms with Crippen molar-refractivity contribution in [3.63, 3.8) is 0 Å². The van der Waals surface area contributed by atoms with E-state index in [1.807, 2.05) is 42.5 Å². The Balaban J connectivity index is 1.35. The number of ether oxygens (including phenoxy) is 1. The summed E-state index contributed by atoms with van der Waals surface area (Å²) in [5, 5.41) is 4.21. The van der Waals surface area contributed by atoms with Crippen LogP contribution in [0, 0.1) is 0 Å². The third kappa shape index (κ3) is 3.48. The summed E-state index contributed by atoms with van der Waals surface area (Å²) in [5.41, 5.74) is 7.29. The van der Waals surface area contributed by atoms with Crippen molar-refractivity contribution in [1.82, 2.24) is 14.5 Å². The Bertz CT molecular complexity index is 1570. The highest BCUT2D eigenvalue weighted by atomic mass is 16.5. The quantitative estimate of drug-likeness (QED) is 0.298. The van der Waals surface area contributed by atoms with Gasteiger partial charge in [-0.15, -0.1) is 0 Å². The average molecular weight is 477 g/mol. The van der Waals surface area contributed by atoms with Gasteiger partial charge in [0.1, 0.15) is 12.4 Å². The normalized spacial score (nSPS) is 15.8. The monoisotopic (exact) mass is 476 g/mol. The molecule has 0 radical (unpaired) electrons. The number of carbonyl (C=O) groups is 1. The van der Waals surface area contributed by atoms with E-state index in [-0.39, 0.29) is 5.91 Å². The van der Waals surface area contributed by atoms with Crippen molar-refractivity contribution >= 4 is 33.8 Å². The third-order valence-corrected chi connectivity index (χ3v) is 7.72. The Morgan fingerprint density at radius 3 is 2.72 bits per heavy atom. The minimum absolute atomic E-state index is 0.170. The number of imidazole rings is 1. The van der Waals surface area contributed by atoms with E-state index < -0.39 is 0 Å². The molecule has 6 nitrogen and oxygen atoms in total. The number of hydrogen-bond donors (Lipinski definition) is 2. The van der Waals surface area contributed by atoms with Crippen molar-refractivity contribution < 1.29 is 9.53 Å². The van der Waals surface area contributed by atoms with E-state index in [9.17, 15) is 4.79 Å². The number of benzene rings is 3. The Morgan fingerprint density at radius 2 is 1.83 bits per heavy atom. The molecule has 1 aliphatic carbocycles. The number of rotatable bonds is 3. The molecule has 180 valence electrons. The smallest absolute Gasteiger partial charge is 0.258 e. The van der Waals surface area contributed by atoms with Gasteiger partial charge in [0.05, 0.1) is 23.3 Å². The first-order chi connectivity index (χ1) is 17.8. The molecule has 5 aromatic rings. The maximum Gasteiger partial charge on any atom is 0.258 e. The maximum absolute atomic E-state index is 13.3. The summed E-state index contributed by atoms with van der Waals surface area (Å²) in [5.74, 6) is 1.76. The highest BCUT2D eigenvalue weighted by Gasteiger charge is 2.29. The molecule has 0 spiro atoms. The lowest BCUT2D eigenvalue weighted by atomic mass is 9.81. The zero-order valence-corrected chi connectivity index (χ0v) is 20.1. The van der Waals surface area contributed by atoms with Gasteiger partial charge in [-0.05, 0) is 60.7 Å². The predicted octanol–water partition coefficient (Wildman–Crippen LogP) is 6.88. The zero-order valence-electron chi connectivity index (χ0n) is 20.1. The number of carbonyl (C=O) groups excluding carboxylic acids is 1. The maximum atomic E-state index is 13.3. The summed E-state index contributed by atoms with van der Waals surface area (Å²) >= 11 is 0. The Hall–Kier alpha value is -4.06. The van der Waals surface area contributed by atoms with Crippen molar-refractivity contribution in [3.8, 4) is 17.0 Å². The molecule has 0 atom stereocenters. The highest BCUT2D eigenvalue weighted by Crippen LogP contribution is 2.47. The molecular formula is C30H28N4O2. The largest absolute Gasteiger partial charge is 0.491 e. The van der Waals surface area contributed by atoms with E-state index in [2.05, 4.69) is 44.1 Å². The van der Waals surface area contributed by atoms with E-state index in [0.717, 1.165) is 34.4 Å². The second-order valence-corrected chi connectivity index (χ2v) is 9.88. The highest BCUT2D eigenvalue weighted by molar-refractivity contribution is 6.07. The number of fused-ring (bicyclic) bond motifs is 6. The summed E-state index contributed by atoms with van der Waals surface area (Å²) in [6, 6.07) is 22.3. The van der Waals surface area contributed by atoms with Gasteiger partial charge in [0.25, 0.3) is 5.91 Å². The molecule has 0 bridgehead atoms. The molecule has 1 saturated carbocycles. The van der Waals surface area contributed by atoms with Gasteiger partial charge in [-0.25, -0.2) is 4.98 Å². The first-order valence-electron chi connectivity index (χ1n) is 12.9. The molecule has 36 heavy (non-hydrogen) atoms. The van der Waals surface area contributed by atoms with Gasteiger partial charge in [0.15, 0.2) is 0 Å². The van der Waals surface area contributed by atoms with Crippen LogP contribution >= 0.6 is 0 Å². The van der Waals surface area contributed by atoms with Crippen LogP contribution in [-0.2, 0) is 6.54 Å². The molecule has 2 N–H and O–H groups in total. The Labute approximate surface area is 209 Å². The molecule has 1 aliphatic heterocycles. The zero-order chi connectivity index (χ0) is 24.1. The molecule has 3 aromatic carbocycles. The average Bonchev–Trinajstić information content (AvgIpc) is 3.41. The number of anilines is 1. The van der Waals surface area contributed by atoms with Crippen molar-refractivity contribution in [3.05, 3.63) is 77.9 Å². The number of aromatic nitrogens is 3. The molecule has 0 saturated heterocycles. The Kier molecular flexibility index (Phi) is 5.05. The van der Waals surface area contributed by atoms with Crippen LogP contribution in [0.5, 0.6) is 5.75 Å². The van der Waals surface area contributed by atoms with Crippen LogP contribution in [0.1, 0.15) is 53.9 Å². The van der Waals surface area contributed by atoms with Gasteiger partial charge in [-0.1, -0.05) is 49.6 Å². The van der Waals surface area contributed by atoms with Gasteiger partial charge in [0.2, 0.25) is 5.95 Å². The second-order valence-electron chi connectivity index (χ2n) is 9.88. The molecule has 1 fully saturated rings. The summed E-state index contributed by atoms with van der Waals surface area (Å²) in [4.78, 5) is 21.0. The van der Waals surface area contributed by atoms with Gasteiger partial charge >= 0.3 is 0 Å². The number of amides is 1. The minimum atomic E-state index is -0.170. The number of aromatic amines is 1. The lowest BCUT2D eigenvalue weighted by Gasteiger charge is -2.23. The fourth-order valence-corrected chi connectivity index (χ4v) is 6.07. The van der Waals surface area contributed by atoms with Crippen LogP contribution in [0.3, 0.4) is 0 Å². The molecule has 0 unspecified atom stereocenters. The number of para-hydroxylation sites is 3. The lowest BCUT2D eigenvalue weighted by Crippen LogP contribution is -2.13. The van der Waals surface area contributed by atoms with Gasteiger partial charge in [-0.3, -0.25) is 10.1 Å². The molecule has 1 amide bonds. The van der Waals surface area contributed by atoms with Crippen LogP contribution in [0.25, 0.3) is 33.2 Å². The minimum Gasteiger partial charge on any atom is -0.491 e. The van der Waals surface area contributed by atoms with Crippen molar-refractivity contribution in [1.29, 1.82) is 0 Å². The molecule has 7 rings (SSSR count). The first kappa shape index (κ1) is 21.2. The Morgan fingerprint density at radius 1 is 1.00 bits per heavy atom. The molecule has 2 aromatic heterocycles. The van der Waals surface area contributed by atoms with Crippen LogP contribution in [-0.4, -0.2) is 27.0 Å². The topological polar surface area (TPSA) is 71.9 Å². The van der Waals surface area contributed by atoms with E-state index in [0.29, 0.717) is 24.0 Å². The van der Waals surface area contributed by atoms with E-state index in [4.69, 9.17) is 4.74 Å².